The van der Waals surface area contributed by atoms with Gasteiger partial charge in [0.25, 0.3) is 10.0 Å². The third kappa shape index (κ3) is 7.11. The van der Waals surface area contributed by atoms with E-state index >= 15 is 0 Å². The van der Waals surface area contributed by atoms with Crippen molar-refractivity contribution in [1.82, 2.24) is 10.2 Å². The molecular weight excluding hydrogens is 466 g/mol. The molecule has 1 fully saturated rings. The number of methoxy groups -OCH3 is 2. The fourth-order valence-electron chi connectivity index (χ4n) is 4.13. The number of ether oxygens (including phenoxy) is 2. The second-order valence-electron chi connectivity index (χ2n) is 9.09. The summed E-state index contributed by atoms with van der Waals surface area (Å²) in [6.45, 7) is 7.38. The summed E-state index contributed by atoms with van der Waals surface area (Å²) in [5.41, 5.74) is 1.18. The number of hydrogen-bond acceptors (Lipinski definition) is 6. The number of piperidine rings is 1. The Morgan fingerprint density at radius 3 is 2.40 bits per heavy atom. The summed E-state index contributed by atoms with van der Waals surface area (Å²) in [7, 11) is -1.09. The molecule has 1 heterocycles. The molecule has 0 saturated carbocycles. The van der Waals surface area contributed by atoms with Crippen molar-refractivity contribution in [2.24, 2.45) is 5.92 Å². The maximum Gasteiger partial charge on any atom is 0.264 e. The Morgan fingerprint density at radius 1 is 1.09 bits per heavy atom. The molecule has 0 unspecified atom stereocenters. The van der Waals surface area contributed by atoms with Gasteiger partial charge in [0.05, 0.1) is 24.8 Å². The first-order valence-electron chi connectivity index (χ1n) is 12.0. The Labute approximate surface area is 209 Å². The lowest BCUT2D eigenvalue weighted by atomic mass is 9.99. The van der Waals surface area contributed by atoms with Crippen LogP contribution in [0, 0.1) is 12.8 Å². The third-order valence-corrected chi connectivity index (χ3v) is 8.17. The first kappa shape index (κ1) is 26.8. The molecule has 0 aliphatic carbocycles. The zero-order chi connectivity index (χ0) is 25.4. The lowest BCUT2D eigenvalue weighted by Crippen LogP contribution is -2.42. The Hall–Kier alpha value is -2.78. The average molecular weight is 504 g/mol. The Morgan fingerprint density at radius 2 is 1.77 bits per heavy atom. The first-order valence-corrected chi connectivity index (χ1v) is 13.5. The molecule has 192 valence electrons. The largest absolute Gasteiger partial charge is 0.497 e. The zero-order valence-corrected chi connectivity index (χ0v) is 21.9. The number of nitrogens with zero attached hydrogens (tertiary/aromatic N) is 2. The Bertz CT molecular complexity index is 1080. The molecule has 8 nitrogen and oxygen atoms in total. The maximum absolute atomic E-state index is 13.7. The second-order valence-corrected chi connectivity index (χ2v) is 11.0. The molecule has 0 bridgehead atoms. The number of likely N-dealkylation sites (tertiary alicyclic amines) is 1. The van der Waals surface area contributed by atoms with Crippen LogP contribution in [0.2, 0.25) is 0 Å². The monoisotopic (exact) mass is 503 g/mol. The standard InChI is InChI=1S/C26H37N3O5S/c1-20-6-9-23(10-7-20)35(31,32)29(24-18-22(33-3)8-11-25(24)34-4)19-26(30)27-14-5-15-28-16-12-21(2)13-17-28/h6-11,18,21H,5,12-17,19H2,1-4H3,(H,27,30). The molecule has 0 aromatic heterocycles. The zero-order valence-electron chi connectivity index (χ0n) is 21.1. The molecular formula is C26H37N3O5S. The van der Waals surface area contributed by atoms with Crippen LogP contribution >= 0.6 is 0 Å². The van der Waals surface area contributed by atoms with E-state index in [0.717, 1.165) is 41.8 Å². The van der Waals surface area contributed by atoms with E-state index in [9.17, 15) is 13.2 Å². The summed E-state index contributed by atoms with van der Waals surface area (Å²) < 4.78 is 39.1. The number of sulfonamides is 1. The SMILES string of the molecule is COc1ccc(OC)c(N(CC(=O)NCCCN2CCC(C)CC2)S(=O)(=O)c2ccc(C)cc2)c1. The molecule has 3 rings (SSSR count). The van der Waals surface area contributed by atoms with Crippen LogP contribution < -0.4 is 19.1 Å². The first-order chi connectivity index (χ1) is 16.7. The molecule has 0 spiro atoms. The molecule has 35 heavy (non-hydrogen) atoms. The number of benzene rings is 2. The van der Waals surface area contributed by atoms with Gasteiger partial charge in [-0.3, -0.25) is 9.10 Å². The number of amides is 1. The number of nitrogens with one attached hydrogen (secondary N) is 1. The van der Waals surface area contributed by atoms with E-state index in [1.807, 2.05) is 6.92 Å². The van der Waals surface area contributed by atoms with E-state index < -0.39 is 10.0 Å². The summed E-state index contributed by atoms with van der Waals surface area (Å²) in [4.78, 5) is 15.4. The highest BCUT2D eigenvalue weighted by molar-refractivity contribution is 7.92. The Kier molecular flexibility index (Phi) is 9.40. The van der Waals surface area contributed by atoms with Crippen LogP contribution in [0.4, 0.5) is 5.69 Å². The minimum Gasteiger partial charge on any atom is -0.497 e. The van der Waals surface area contributed by atoms with Crippen molar-refractivity contribution in [3.05, 3.63) is 48.0 Å². The number of aryl methyl sites for hydroxylation is 1. The molecule has 1 N–H and O–H groups in total. The fraction of sp³-hybridized carbons (Fsp3) is 0.500. The number of carbonyl (C=O) groups excluding carboxylic acids is 1. The van der Waals surface area contributed by atoms with Crippen molar-refractivity contribution in [1.29, 1.82) is 0 Å². The van der Waals surface area contributed by atoms with Crippen LogP contribution in [-0.2, 0) is 14.8 Å². The van der Waals surface area contributed by atoms with Crippen LogP contribution in [0.1, 0.15) is 31.7 Å². The van der Waals surface area contributed by atoms with Gasteiger partial charge in [0, 0.05) is 12.6 Å². The van der Waals surface area contributed by atoms with Crippen LogP contribution in [0.5, 0.6) is 11.5 Å². The van der Waals surface area contributed by atoms with E-state index in [0.29, 0.717) is 18.0 Å². The van der Waals surface area contributed by atoms with Crippen molar-refractivity contribution in [2.45, 2.75) is 38.0 Å². The van der Waals surface area contributed by atoms with E-state index in [1.165, 1.54) is 27.1 Å². The van der Waals surface area contributed by atoms with Gasteiger partial charge in [0.2, 0.25) is 5.91 Å². The predicted molar refractivity (Wildman–Crippen MR) is 138 cm³/mol. The fourth-order valence-corrected chi connectivity index (χ4v) is 5.55. The molecule has 0 radical (unpaired) electrons. The van der Waals surface area contributed by atoms with Gasteiger partial charge < -0.3 is 19.7 Å². The highest BCUT2D eigenvalue weighted by Crippen LogP contribution is 2.35. The Balaban J connectivity index is 1.76. The van der Waals surface area contributed by atoms with Crippen molar-refractivity contribution in [3.8, 4) is 11.5 Å². The molecule has 2 aromatic rings. The maximum atomic E-state index is 13.7. The van der Waals surface area contributed by atoms with Gasteiger partial charge in [-0.25, -0.2) is 8.42 Å². The normalized spacial score (nSPS) is 15.0. The van der Waals surface area contributed by atoms with Gasteiger partial charge in [-0.15, -0.1) is 0 Å². The van der Waals surface area contributed by atoms with E-state index in [4.69, 9.17) is 9.47 Å². The second kappa shape index (κ2) is 12.3. The van der Waals surface area contributed by atoms with Gasteiger partial charge >= 0.3 is 0 Å². The van der Waals surface area contributed by atoms with Crippen LogP contribution in [0.15, 0.2) is 47.4 Å². The summed E-state index contributed by atoms with van der Waals surface area (Å²) in [5, 5.41) is 2.89. The smallest absolute Gasteiger partial charge is 0.264 e. The van der Waals surface area contributed by atoms with Crippen LogP contribution in [0.25, 0.3) is 0 Å². The highest BCUT2D eigenvalue weighted by Gasteiger charge is 2.30. The number of rotatable bonds is 11. The summed E-state index contributed by atoms with van der Waals surface area (Å²) >= 11 is 0. The molecule has 1 amide bonds. The number of hydrogen-bond donors (Lipinski definition) is 1. The quantitative estimate of drug-likeness (QED) is 0.473. The van der Waals surface area contributed by atoms with E-state index in [1.54, 1.807) is 42.5 Å². The topological polar surface area (TPSA) is 88.2 Å². The lowest BCUT2D eigenvalue weighted by molar-refractivity contribution is -0.119. The van der Waals surface area contributed by atoms with Crippen LogP contribution in [0.3, 0.4) is 0 Å². The minimum atomic E-state index is -4.05. The van der Waals surface area contributed by atoms with E-state index in [2.05, 4.69) is 17.1 Å². The highest BCUT2D eigenvalue weighted by atomic mass is 32.2. The summed E-state index contributed by atoms with van der Waals surface area (Å²) in [6, 6.07) is 11.4. The third-order valence-electron chi connectivity index (χ3n) is 6.40. The molecule has 1 saturated heterocycles. The predicted octanol–water partition coefficient (Wildman–Crippen LogP) is 3.45. The molecule has 1 aliphatic rings. The van der Waals surface area contributed by atoms with Crippen molar-refractivity contribution < 1.29 is 22.7 Å². The summed E-state index contributed by atoms with van der Waals surface area (Å²) in [5.74, 6) is 1.19. The van der Waals surface area contributed by atoms with Crippen molar-refractivity contribution >= 4 is 21.6 Å². The summed E-state index contributed by atoms with van der Waals surface area (Å²) in [6.07, 6.45) is 3.23. The van der Waals surface area contributed by atoms with Crippen molar-refractivity contribution in [3.63, 3.8) is 0 Å². The number of carbonyl (C=O) groups is 1. The van der Waals surface area contributed by atoms with Gasteiger partial charge in [0.15, 0.2) is 0 Å². The number of anilines is 1. The molecule has 0 atom stereocenters. The van der Waals surface area contributed by atoms with Gasteiger partial charge in [-0.05, 0) is 76.0 Å². The average Bonchev–Trinajstić information content (AvgIpc) is 2.86. The van der Waals surface area contributed by atoms with Gasteiger partial charge in [-0.1, -0.05) is 24.6 Å². The molecule has 2 aromatic carbocycles. The van der Waals surface area contributed by atoms with E-state index in [-0.39, 0.29) is 23.0 Å². The minimum absolute atomic E-state index is 0.0973. The molecule has 9 heteroatoms. The lowest BCUT2D eigenvalue weighted by Gasteiger charge is -2.30. The van der Waals surface area contributed by atoms with Gasteiger partial charge in [0.1, 0.15) is 18.0 Å². The molecule has 1 aliphatic heterocycles. The van der Waals surface area contributed by atoms with Crippen molar-refractivity contribution in [2.75, 3.05) is 51.2 Å². The van der Waals surface area contributed by atoms with Crippen LogP contribution in [-0.4, -0.2) is 66.2 Å². The van der Waals surface area contributed by atoms with Gasteiger partial charge in [-0.2, -0.15) is 0 Å².